The van der Waals surface area contributed by atoms with Crippen LogP contribution in [0.3, 0.4) is 0 Å². The molecule has 19 heteroatoms. The third kappa shape index (κ3) is 18.6. The number of phenolic OH excluding ortho intramolecular Hbond substituents is 1. The Hall–Kier alpha value is -6.24. The van der Waals surface area contributed by atoms with E-state index in [1.54, 1.807) is 44.2 Å². The Morgan fingerprint density at radius 3 is 1.97 bits per heavy atom. The number of benzene rings is 2. The van der Waals surface area contributed by atoms with Crippen molar-refractivity contribution in [2.24, 2.45) is 28.1 Å². The number of aliphatic carboxylic acids is 1. The summed E-state index contributed by atoms with van der Waals surface area (Å²) in [6.07, 6.45) is 0.565. The number of unbranched alkanes of at least 4 members (excludes halogenated alkanes) is 1. The Kier molecular flexibility index (Phi) is 20.7. The monoisotopic (exact) mass is 811 g/mol. The number of ether oxygens (including phenoxy) is 1. The zero-order valence-electron chi connectivity index (χ0n) is 33.1. The van der Waals surface area contributed by atoms with Crippen molar-refractivity contribution in [3.8, 4) is 5.75 Å². The van der Waals surface area contributed by atoms with Crippen LogP contribution in [0.2, 0.25) is 0 Å². The number of carboxylic acids is 1. The molecule has 0 saturated carbocycles. The highest BCUT2D eigenvalue weighted by Gasteiger charge is 2.34. The van der Waals surface area contributed by atoms with E-state index in [9.17, 15) is 43.8 Å². The first-order valence-corrected chi connectivity index (χ1v) is 18.9. The lowest BCUT2D eigenvalue weighted by Crippen LogP contribution is -2.60. The summed E-state index contributed by atoms with van der Waals surface area (Å²) in [5.74, 6) is -6.53. The average molecular weight is 812 g/mol. The number of carbonyl (C=O) groups excluding carboxylic acids is 6. The minimum absolute atomic E-state index is 0.0249. The van der Waals surface area contributed by atoms with Crippen LogP contribution in [0.1, 0.15) is 70.4 Å². The maximum absolute atomic E-state index is 13.9. The lowest BCUT2D eigenvalue weighted by Gasteiger charge is -2.27. The molecule has 0 radical (unpaired) electrons. The number of aromatic hydroxyl groups is 1. The van der Waals surface area contributed by atoms with Crippen LogP contribution in [-0.2, 0) is 51.3 Å². The van der Waals surface area contributed by atoms with Crippen LogP contribution in [0.5, 0.6) is 5.75 Å². The van der Waals surface area contributed by atoms with E-state index in [1.807, 2.05) is 0 Å². The molecule has 5 atom stereocenters. The van der Waals surface area contributed by atoms with Crippen LogP contribution in [0.15, 0.2) is 59.6 Å². The minimum atomic E-state index is -1.62. The molecule has 58 heavy (non-hydrogen) atoms. The topological polar surface area (TPSA) is 320 Å². The van der Waals surface area contributed by atoms with Crippen LogP contribution in [0.25, 0.3) is 0 Å². The van der Waals surface area contributed by atoms with Crippen LogP contribution >= 0.6 is 0 Å². The third-order valence-electron chi connectivity index (χ3n) is 8.71. The number of hydrogen-bond acceptors (Lipinski definition) is 11. The number of rotatable bonds is 25. The molecule has 0 heterocycles. The molecule has 2 rings (SSSR count). The SMILES string of the molecule is CC(=O)NCCCC[C@H](NC(=O)[C@@H](N)CCCN=C(N)N)C(=O)N[C@@H](CC(=O)OCc1ccccc1)C(=O)N[C@H](C(=O)N[C@@H](Cc1ccc(O)cc1)C(=O)O)C(C)C. The molecular weight excluding hydrogens is 754 g/mol. The summed E-state index contributed by atoms with van der Waals surface area (Å²) < 4.78 is 5.39. The second-order valence-corrected chi connectivity index (χ2v) is 14.0. The fourth-order valence-electron chi connectivity index (χ4n) is 5.50. The highest BCUT2D eigenvalue weighted by molar-refractivity contribution is 5.97. The van der Waals surface area contributed by atoms with Gasteiger partial charge in [-0.2, -0.15) is 0 Å². The Labute approximate surface area is 337 Å². The fraction of sp³-hybridized carbons (Fsp3) is 0.487. The van der Waals surface area contributed by atoms with Gasteiger partial charge in [0.05, 0.1) is 12.5 Å². The zero-order valence-corrected chi connectivity index (χ0v) is 33.1. The summed E-state index contributed by atoms with van der Waals surface area (Å²) in [5, 5.41) is 32.2. The number of guanidine groups is 1. The zero-order chi connectivity index (χ0) is 43.2. The first-order valence-electron chi connectivity index (χ1n) is 18.9. The smallest absolute Gasteiger partial charge is 0.326 e. The molecule has 2 aromatic carbocycles. The van der Waals surface area contributed by atoms with Crippen molar-refractivity contribution in [2.75, 3.05) is 13.1 Å². The van der Waals surface area contributed by atoms with Crippen molar-refractivity contribution in [3.05, 3.63) is 65.7 Å². The quantitative estimate of drug-likeness (QED) is 0.0261. The maximum Gasteiger partial charge on any atom is 0.326 e. The molecule has 19 nitrogen and oxygen atoms in total. The number of nitrogens with one attached hydrogen (secondary N) is 5. The first-order chi connectivity index (χ1) is 27.5. The molecule has 0 aliphatic carbocycles. The standard InChI is InChI=1S/C39H57N9O10/c1-23(2)33(37(55)47-31(38(56)57)20-25-14-16-27(50)17-15-25)48-36(54)30(21-32(51)58-22-26-10-5-4-6-11-26)46-35(53)29(13-7-8-18-43-24(3)49)45-34(52)28(40)12-9-19-44-39(41)42/h4-6,10-11,14-17,23,28-31,33,50H,7-9,12-13,18-22,40H2,1-3H3,(H,43,49)(H,45,52)(H,46,53)(H,47,55)(H,48,54)(H,56,57)(H4,41,42,44)/t28-,29-,30-,31-,33-/m0/s1. The number of carbonyl (C=O) groups is 7. The molecule has 0 aliphatic heterocycles. The van der Waals surface area contributed by atoms with E-state index in [0.29, 0.717) is 36.9 Å². The van der Waals surface area contributed by atoms with E-state index in [1.165, 1.54) is 31.2 Å². The van der Waals surface area contributed by atoms with Gasteiger partial charge >= 0.3 is 11.9 Å². The number of amides is 5. The number of carboxylic acid groups (broad SMARTS) is 1. The molecule has 13 N–H and O–H groups in total. The molecule has 2 aromatic rings. The maximum atomic E-state index is 13.9. The predicted octanol–water partition coefficient (Wildman–Crippen LogP) is -0.565. The van der Waals surface area contributed by atoms with Crippen molar-refractivity contribution in [1.29, 1.82) is 0 Å². The van der Waals surface area contributed by atoms with Crippen LogP contribution in [0.4, 0.5) is 0 Å². The predicted molar refractivity (Wildman–Crippen MR) is 213 cm³/mol. The highest BCUT2D eigenvalue weighted by atomic mass is 16.5. The third-order valence-corrected chi connectivity index (χ3v) is 8.71. The summed E-state index contributed by atoms with van der Waals surface area (Å²) in [6.45, 7) is 4.96. The summed E-state index contributed by atoms with van der Waals surface area (Å²) in [7, 11) is 0. The summed E-state index contributed by atoms with van der Waals surface area (Å²) in [5.41, 5.74) is 18.0. The van der Waals surface area contributed by atoms with Crippen molar-refractivity contribution >= 4 is 47.4 Å². The van der Waals surface area contributed by atoms with Gasteiger partial charge in [0, 0.05) is 26.4 Å². The van der Waals surface area contributed by atoms with Crippen LogP contribution < -0.4 is 43.8 Å². The summed E-state index contributed by atoms with van der Waals surface area (Å²) in [4.78, 5) is 94.9. The van der Waals surface area contributed by atoms with Crippen molar-refractivity contribution in [2.45, 2.75) is 103 Å². The Morgan fingerprint density at radius 2 is 1.36 bits per heavy atom. The number of esters is 1. The molecule has 5 amide bonds. The molecule has 0 aliphatic rings. The molecule has 0 fully saturated rings. The Bertz CT molecular complexity index is 1700. The van der Waals surface area contributed by atoms with Crippen molar-refractivity contribution in [3.63, 3.8) is 0 Å². The van der Waals surface area contributed by atoms with E-state index < -0.39 is 78.1 Å². The molecule has 0 saturated heterocycles. The van der Waals surface area contributed by atoms with Crippen molar-refractivity contribution in [1.82, 2.24) is 26.6 Å². The number of nitrogens with two attached hydrogens (primary N) is 3. The van der Waals surface area contributed by atoms with Crippen LogP contribution in [-0.4, -0.2) is 101 Å². The number of phenols is 1. The van der Waals surface area contributed by atoms with Gasteiger partial charge in [-0.05, 0) is 61.3 Å². The van der Waals surface area contributed by atoms with Crippen molar-refractivity contribution < 1.29 is 48.5 Å². The summed E-state index contributed by atoms with van der Waals surface area (Å²) >= 11 is 0. The Balaban J connectivity index is 2.32. The lowest BCUT2D eigenvalue weighted by molar-refractivity contribution is -0.148. The van der Waals surface area contributed by atoms with E-state index >= 15 is 0 Å². The van der Waals surface area contributed by atoms with E-state index in [0.717, 1.165) is 0 Å². The second kappa shape index (κ2) is 25.1. The van der Waals surface area contributed by atoms with E-state index in [-0.39, 0.29) is 50.0 Å². The van der Waals surface area contributed by atoms with Gasteiger partial charge in [-0.1, -0.05) is 56.3 Å². The van der Waals surface area contributed by atoms with Gasteiger partial charge < -0.3 is 58.7 Å². The second-order valence-electron chi connectivity index (χ2n) is 14.0. The average Bonchev–Trinajstić information content (AvgIpc) is 3.17. The van der Waals surface area contributed by atoms with E-state index in [4.69, 9.17) is 21.9 Å². The van der Waals surface area contributed by atoms with Gasteiger partial charge in [-0.15, -0.1) is 0 Å². The first kappa shape index (κ1) is 47.9. The number of nitrogens with zero attached hydrogens (tertiary/aromatic N) is 1. The molecule has 0 bridgehead atoms. The normalized spacial score (nSPS) is 13.4. The van der Waals surface area contributed by atoms with Gasteiger partial charge in [0.15, 0.2) is 5.96 Å². The molecule has 0 aromatic heterocycles. The van der Waals surface area contributed by atoms with Gasteiger partial charge in [-0.25, -0.2) is 4.79 Å². The lowest BCUT2D eigenvalue weighted by atomic mass is 10.0. The minimum Gasteiger partial charge on any atom is -0.508 e. The Morgan fingerprint density at radius 1 is 0.741 bits per heavy atom. The highest BCUT2D eigenvalue weighted by Crippen LogP contribution is 2.13. The van der Waals surface area contributed by atoms with Gasteiger partial charge in [0.2, 0.25) is 29.5 Å². The summed E-state index contributed by atoms with van der Waals surface area (Å²) in [6, 6.07) is 7.83. The fourth-order valence-corrected chi connectivity index (χ4v) is 5.50. The van der Waals surface area contributed by atoms with Gasteiger partial charge in [0.25, 0.3) is 0 Å². The number of aliphatic imine (C=N–C) groups is 1. The number of hydrogen-bond donors (Lipinski definition) is 10. The van der Waals surface area contributed by atoms with Gasteiger partial charge in [-0.3, -0.25) is 33.8 Å². The molecule has 0 unspecified atom stereocenters. The van der Waals surface area contributed by atoms with Crippen LogP contribution in [0, 0.1) is 5.92 Å². The molecule has 318 valence electrons. The van der Waals surface area contributed by atoms with E-state index in [2.05, 4.69) is 31.6 Å². The van der Waals surface area contributed by atoms with Gasteiger partial charge in [0.1, 0.15) is 36.5 Å². The molecular formula is C39H57N9O10. The molecule has 0 spiro atoms. The largest absolute Gasteiger partial charge is 0.508 e.